The molecule has 126 valence electrons. The van der Waals surface area contributed by atoms with Crippen LogP contribution in [0, 0.1) is 0 Å². The number of nitrogens with one attached hydrogen (secondary N) is 2. The summed E-state index contributed by atoms with van der Waals surface area (Å²) in [6.07, 6.45) is -8.56. The van der Waals surface area contributed by atoms with Gasteiger partial charge in [-0.15, -0.1) is 0 Å². The molecule has 0 atom stereocenters. The highest BCUT2D eigenvalue weighted by Crippen LogP contribution is 2.28. The third-order valence-corrected chi connectivity index (χ3v) is 2.76. The number of benzene rings is 1. The highest BCUT2D eigenvalue weighted by Gasteiger charge is 2.43. The van der Waals surface area contributed by atoms with Gasteiger partial charge in [0, 0.05) is 5.69 Å². The van der Waals surface area contributed by atoms with Gasteiger partial charge in [0.25, 0.3) is 5.56 Å². The molecule has 3 aromatic rings. The Bertz CT molecular complexity index is 909. The van der Waals surface area contributed by atoms with E-state index in [1.54, 1.807) is 0 Å². The minimum absolute atomic E-state index is 0.0497. The molecule has 2 heterocycles. The standard InChI is InChI=1S/C12H7F4N5O3/c13-11(14)12(15,16)23-6-3-1-5(2-4-6)17-9-10(22)19-8-7(18-9)20-24-21-8/h1-4,11H,(H,17,18,20)(H,19,21,22). The van der Waals surface area contributed by atoms with Crippen molar-refractivity contribution in [2.75, 3.05) is 5.32 Å². The Labute approximate surface area is 129 Å². The van der Waals surface area contributed by atoms with E-state index in [-0.39, 0.29) is 22.8 Å². The van der Waals surface area contributed by atoms with Gasteiger partial charge >= 0.3 is 12.5 Å². The van der Waals surface area contributed by atoms with Crippen LogP contribution in [0.25, 0.3) is 11.3 Å². The summed E-state index contributed by atoms with van der Waals surface area (Å²) in [6, 6.07) is 4.54. The summed E-state index contributed by atoms with van der Waals surface area (Å²) < 4.78 is 58.0. The zero-order valence-electron chi connectivity index (χ0n) is 11.5. The summed E-state index contributed by atoms with van der Waals surface area (Å²) >= 11 is 0. The molecule has 12 heteroatoms. The van der Waals surface area contributed by atoms with Gasteiger partial charge in [0.05, 0.1) is 0 Å². The van der Waals surface area contributed by atoms with Crippen LogP contribution in [-0.4, -0.2) is 32.8 Å². The van der Waals surface area contributed by atoms with E-state index in [9.17, 15) is 22.4 Å². The van der Waals surface area contributed by atoms with Crippen molar-refractivity contribution in [2.24, 2.45) is 0 Å². The molecule has 0 aliphatic carbocycles. The molecule has 0 aliphatic heterocycles. The maximum absolute atomic E-state index is 12.8. The van der Waals surface area contributed by atoms with Gasteiger partial charge in [0.15, 0.2) is 5.82 Å². The first-order chi connectivity index (χ1) is 11.3. The van der Waals surface area contributed by atoms with E-state index in [1.807, 2.05) is 0 Å². The number of halogens is 4. The Morgan fingerprint density at radius 3 is 2.58 bits per heavy atom. The maximum Gasteiger partial charge on any atom is 0.461 e. The zero-order chi connectivity index (χ0) is 17.3. The number of aromatic amines is 1. The number of aromatic nitrogens is 4. The summed E-state index contributed by atoms with van der Waals surface area (Å²) in [5, 5.41) is 9.47. The quantitative estimate of drug-likeness (QED) is 0.683. The van der Waals surface area contributed by atoms with Crippen molar-refractivity contribution in [3.05, 3.63) is 34.6 Å². The highest BCUT2D eigenvalue weighted by atomic mass is 19.3. The van der Waals surface area contributed by atoms with Crippen LogP contribution < -0.4 is 15.6 Å². The van der Waals surface area contributed by atoms with Crippen molar-refractivity contribution in [2.45, 2.75) is 12.5 Å². The number of ether oxygens (including phenoxy) is 1. The fourth-order valence-corrected chi connectivity index (χ4v) is 1.69. The molecular formula is C12H7F4N5O3. The van der Waals surface area contributed by atoms with Crippen molar-refractivity contribution >= 4 is 22.8 Å². The fraction of sp³-hybridized carbons (Fsp3) is 0.167. The van der Waals surface area contributed by atoms with Crippen molar-refractivity contribution in [3.63, 3.8) is 0 Å². The number of fused-ring (bicyclic) bond motifs is 1. The SMILES string of the molecule is O=c1[nH]c2nonc2nc1Nc1ccc(OC(F)(F)C(F)F)cc1. The van der Waals surface area contributed by atoms with Crippen molar-refractivity contribution < 1.29 is 26.9 Å². The van der Waals surface area contributed by atoms with E-state index < -0.39 is 23.8 Å². The molecule has 0 spiro atoms. The van der Waals surface area contributed by atoms with Gasteiger partial charge in [-0.2, -0.15) is 22.5 Å². The van der Waals surface area contributed by atoms with Crippen LogP contribution >= 0.6 is 0 Å². The average Bonchev–Trinajstić information content (AvgIpc) is 2.96. The predicted molar refractivity (Wildman–Crippen MR) is 71.5 cm³/mol. The van der Waals surface area contributed by atoms with Crippen LogP contribution in [0.15, 0.2) is 33.7 Å². The molecule has 0 aliphatic rings. The number of hydrogen-bond donors (Lipinski definition) is 2. The first-order valence-electron chi connectivity index (χ1n) is 6.30. The van der Waals surface area contributed by atoms with E-state index in [4.69, 9.17) is 0 Å². The highest BCUT2D eigenvalue weighted by molar-refractivity contribution is 5.67. The molecule has 3 rings (SSSR count). The Balaban J connectivity index is 1.78. The second kappa shape index (κ2) is 5.79. The molecule has 0 unspecified atom stereocenters. The van der Waals surface area contributed by atoms with Crippen LogP contribution in [0.4, 0.5) is 29.1 Å². The van der Waals surface area contributed by atoms with Gasteiger partial charge in [-0.05, 0) is 34.6 Å². The van der Waals surface area contributed by atoms with Gasteiger partial charge in [0.2, 0.25) is 11.3 Å². The molecule has 24 heavy (non-hydrogen) atoms. The molecule has 8 nitrogen and oxygen atoms in total. The summed E-state index contributed by atoms with van der Waals surface area (Å²) in [7, 11) is 0. The fourth-order valence-electron chi connectivity index (χ4n) is 1.69. The second-order valence-electron chi connectivity index (χ2n) is 4.46. The number of hydrogen-bond acceptors (Lipinski definition) is 7. The van der Waals surface area contributed by atoms with Gasteiger partial charge < -0.3 is 10.1 Å². The Hall–Kier alpha value is -3.18. The zero-order valence-corrected chi connectivity index (χ0v) is 11.5. The topological polar surface area (TPSA) is 106 Å². The van der Waals surface area contributed by atoms with Crippen LogP contribution in [-0.2, 0) is 0 Å². The van der Waals surface area contributed by atoms with Crippen LogP contribution in [0.3, 0.4) is 0 Å². The monoisotopic (exact) mass is 345 g/mol. The Kier molecular flexibility index (Phi) is 3.79. The number of nitrogens with zero attached hydrogens (tertiary/aromatic N) is 3. The predicted octanol–water partition coefficient (Wildman–Crippen LogP) is 2.29. The molecule has 0 amide bonds. The first-order valence-corrected chi connectivity index (χ1v) is 6.30. The summed E-state index contributed by atoms with van der Waals surface area (Å²) in [5.41, 5.74) is -0.239. The van der Waals surface area contributed by atoms with Crippen LogP contribution in [0.2, 0.25) is 0 Å². The van der Waals surface area contributed by atoms with Crippen molar-refractivity contribution in [1.29, 1.82) is 0 Å². The van der Waals surface area contributed by atoms with E-state index >= 15 is 0 Å². The van der Waals surface area contributed by atoms with E-state index in [0.29, 0.717) is 0 Å². The van der Waals surface area contributed by atoms with Crippen molar-refractivity contribution in [3.8, 4) is 5.75 Å². The average molecular weight is 345 g/mol. The maximum atomic E-state index is 12.8. The van der Waals surface area contributed by atoms with E-state index in [2.05, 4.69) is 35.0 Å². The minimum atomic E-state index is -4.60. The molecule has 2 N–H and O–H groups in total. The summed E-state index contributed by atoms with van der Waals surface area (Å²) in [4.78, 5) is 18.0. The number of anilines is 2. The van der Waals surface area contributed by atoms with E-state index in [1.165, 1.54) is 12.1 Å². The smallest absolute Gasteiger partial charge is 0.428 e. The molecule has 0 bridgehead atoms. The molecule has 2 aromatic heterocycles. The largest absolute Gasteiger partial charge is 0.461 e. The second-order valence-corrected chi connectivity index (χ2v) is 4.46. The molecular weight excluding hydrogens is 338 g/mol. The number of rotatable bonds is 5. The van der Waals surface area contributed by atoms with Gasteiger partial charge in [-0.25, -0.2) is 4.63 Å². The third kappa shape index (κ3) is 3.11. The summed E-state index contributed by atoms with van der Waals surface area (Å²) in [6.45, 7) is 0. The molecule has 0 fully saturated rings. The molecule has 0 radical (unpaired) electrons. The lowest BCUT2D eigenvalue weighted by molar-refractivity contribution is -0.253. The van der Waals surface area contributed by atoms with E-state index in [0.717, 1.165) is 12.1 Å². The molecule has 0 saturated carbocycles. The third-order valence-electron chi connectivity index (χ3n) is 2.76. The minimum Gasteiger partial charge on any atom is -0.428 e. The molecule has 0 saturated heterocycles. The number of H-pyrrole nitrogens is 1. The van der Waals surface area contributed by atoms with Crippen molar-refractivity contribution in [1.82, 2.24) is 20.3 Å². The van der Waals surface area contributed by atoms with Crippen LogP contribution in [0.1, 0.15) is 0 Å². The lowest BCUT2D eigenvalue weighted by atomic mass is 10.3. The lowest BCUT2D eigenvalue weighted by Gasteiger charge is -2.16. The Morgan fingerprint density at radius 2 is 1.92 bits per heavy atom. The normalized spacial score (nSPS) is 11.9. The lowest BCUT2D eigenvalue weighted by Crippen LogP contribution is -2.33. The first kappa shape index (κ1) is 15.7. The van der Waals surface area contributed by atoms with Gasteiger partial charge in [0.1, 0.15) is 5.75 Å². The molecule has 1 aromatic carbocycles. The summed E-state index contributed by atoms with van der Waals surface area (Å²) in [5.74, 6) is -0.617. The Morgan fingerprint density at radius 1 is 1.21 bits per heavy atom. The number of alkyl halides is 4. The van der Waals surface area contributed by atoms with Crippen LogP contribution in [0.5, 0.6) is 5.75 Å². The van der Waals surface area contributed by atoms with Gasteiger partial charge in [-0.3, -0.25) is 9.78 Å². The van der Waals surface area contributed by atoms with Gasteiger partial charge in [-0.1, -0.05) is 0 Å².